The SMILES string of the molecule is CCc1cccc(CC)c1NC(N)=NCCc1ncc(C)s1.I. The Kier molecular flexibility index (Phi) is 8.54. The minimum absolute atomic E-state index is 0. The molecule has 0 atom stereocenters. The quantitative estimate of drug-likeness (QED) is 0.400. The molecule has 23 heavy (non-hydrogen) atoms. The summed E-state index contributed by atoms with van der Waals surface area (Å²) in [6.07, 6.45) is 4.68. The van der Waals surface area contributed by atoms with Crippen LogP contribution in [-0.4, -0.2) is 17.5 Å². The molecular weight excluding hydrogens is 419 g/mol. The molecule has 0 spiro atoms. The molecule has 0 aliphatic rings. The van der Waals surface area contributed by atoms with E-state index >= 15 is 0 Å². The highest BCUT2D eigenvalue weighted by Gasteiger charge is 2.07. The van der Waals surface area contributed by atoms with Crippen LogP contribution < -0.4 is 11.1 Å². The summed E-state index contributed by atoms with van der Waals surface area (Å²) in [5.74, 6) is 0.476. The van der Waals surface area contributed by atoms with Crippen LogP contribution in [-0.2, 0) is 19.3 Å². The molecule has 0 aliphatic carbocycles. The van der Waals surface area contributed by atoms with E-state index in [2.05, 4.69) is 54.3 Å². The van der Waals surface area contributed by atoms with Crippen molar-refractivity contribution in [2.75, 3.05) is 11.9 Å². The number of halogens is 1. The minimum Gasteiger partial charge on any atom is -0.370 e. The van der Waals surface area contributed by atoms with Crippen LogP contribution >= 0.6 is 35.3 Å². The van der Waals surface area contributed by atoms with Crippen molar-refractivity contribution in [1.29, 1.82) is 0 Å². The summed E-state index contributed by atoms with van der Waals surface area (Å²) in [5.41, 5.74) is 9.70. The van der Waals surface area contributed by atoms with Gasteiger partial charge in [-0.1, -0.05) is 32.0 Å². The highest BCUT2D eigenvalue weighted by molar-refractivity contribution is 14.0. The van der Waals surface area contributed by atoms with Crippen molar-refractivity contribution < 1.29 is 0 Å². The zero-order valence-electron chi connectivity index (χ0n) is 13.9. The van der Waals surface area contributed by atoms with Gasteiger partial charge in [-0.15, -0.1) is 35.3 Å². The second-order valence-electron chi connectivity index (χ2n) is 5.16. The van der Waals surface area contributed by atoms with Crippen LogP contribution in [0.4, 0.5) is 5.69 Å². The van der Waals surface area contributed by atoms with Gasteiger partial charge in [-0.2, -0.15) is 0 Å². The first-order valence-corrected chi connectivity index (χ1v) is 8.54. The molecule has 0 unspecified atom stereocenters. The van der Waals surface area contributed by atoms with Crippen molar-refractivity contribution in [3.05, 3.63) is 45.4 Å². The highest BCUT2D eigenvalue weighted by atomic mass is 127. The molecule has 1 aromatic carbocycles. The summed E-state index contributed by atoms with van der Waals surface area (Å²) in [7, 11) is 0. The number of aromatic nitrogens is 1. The van der Waals surface area contributed by atoms with Gasteiger partial charge >= 0.3 is 0 Å². The average molecular weight is 444 g/mol. The Morgan fingerprint density at radius 2 is 1.91 bits per heavy atom. The summed E-state index contributed by atoms with van der Waals surface area (Å²) < 4.78 is 0. The zero-order valence-corrected chi connectivity index (χ0v) is 17.1. The number of nitrogens with two attached hydrogens (primary N) is 1. The molecule has 0 fully saturated rings. The number of hydrogen-bond acceptors (Lipinski definition) is 3. The van der Waals surface area contributed by atoms with Crippen LogP contribution in [0.15, 0.2) is 29.4 Å². The lowest BCUT2D eigenvalue weighted by Gasteiger charge is -2.14. The van der Waals surface area contributed by atoms with E-state index in [0.29, 0.717) is 12.5 Å². The first kappa shape index (κ1) is 19.9. The van der Waals surface area contributed by atoms with Crippen molar-refractivity contribution in [1.82, 2.24) is 4.98 Å². The molecule has 2 aromatic rings. The van der Waals surface area contributed by atoms with Gasteiger partial charge < -0.3 is 11.1 Å². The molecule has 0 saturated heterocycles. The van der Waals surface area contributed by atoms with E-state index in [1.807, 2.05) is 6.20 Å². The molecule has 1 aromatic heterocycles. The zero-order chi connectivity index (χ0) is 15.9. The van der Waals surface area contributed by atoms with Crippen LogP contribution in [0.25, 0.3) is 0 Å². The topological polar surface area (TPSA) is 63.3 Å². The van der Waals surface area contributed by atoms with Gasteiger partial charge in [0.05, 0.1) is 5.01 Å². The fraction of sp³-hybridized carbons (Fsp3) is 0.412. The molecule has 3 N–H and O–H groups in total. The Morgan fingerprint density at radius 1 is 1.26 bits per heavy atom. The Bertz CT molecular complexity index is 630. The van der Waals surface area contributed by atoms with Crippen LogP contribution in [0.2, 0.25) is 0 Å². The molecule has 0 aliphatic heterocycles. The van der Waals surface area contributed by atoms with Crippen LogP contribution in [0, 0.1) is 6.92 Å². The van der Waals surface area contributed by atoms with Crippen molar-refractivity contribution in [3.8, 4) is 0 Å². The summed E-state index contributed by atoms with van der Waals surface area (Å²) in [5, 5.41) is 4.39. The number of thiazole rings is 1. The van der Waals surface area contributed by atoms with Gasteiger partial charge in [0.2, 0.25) is 0 Å². The number of anilines is 1. The molecule has 6 heteroatoms. The lowest BCUT2D eigenvalue weighted by atomic mass is 10.0. The molecule has 0 bridgehead atoms. The molecule has 0 radical (unpaired) electrons. The van der Waals surface area contributed by atoms with Gasteiger partial charge in [-0.3, -0.25) is 4.99 Å². The molecule has 0 saturated carbocycles. The Hall–Kier alpha value is -1.15. The summed E-state index contributed by atoms with van der Waals surface area (Å²) >= 11 is 1.71. The van der Waals surface area contributed by atoms with Crippen LogP contribution in [0.3, 0.4) is 0 Å². The smallest absolute Gasteiger partial charge is 0.193 e. The number of hydrogen-bond donors (Lipinski definition) is 2. The monoisotopic (exact) mass is 444 g/mol. The van der Waals surface area contributed by atoms with Gasteiger partial charge in [0, 0.05) is 29.7 Å². The van der Waals surface area contributed by atoms with Crippen LogP contribution in [0.5, 0.6) is 0 Å². The number of guanidine groups is 1. The molecule has 126 valence electrons. The number of nitrogens with one attached hydrogen (secondary N) is 1. The fourth-order valence-electron chi connectivity index (χ4n) is 2.36. The van der Waals surface area contributed by atoms with Gasteiger partial charge in [0.15, 0.2) is 5.96 Å². The maximum Gasteiger partial charge on any atom is 0.193 e. The predicted octanol–water partition coefficient (Wildman–Crippen LogP) is 4.16. The average Bonchev–Trinajstić information content (AvgIpc) is 2.93. The van der Waals surface area contributed by atoms with E-state index < -0.39 is 0 Å². The standard InChI is InChI=1S/C17H24N4S.HI/c1-4-13-7-6-8-14(5-2)16(13)21-17(18)19-10-9-15-20-11-12(3)22-15;/h6-8,11H,4-5,9-10H2,1-3H3,(H3,18,19,21);1H. The predicted molar refractivity (Wildman–Crippen MR) is 111 cm³/mol. The van der Waals surface area contributed by atoms with Gasteiger partial charge in [0.1, 0.15) is 0 Å². The third-order valence-corrected chi connectivity index (χ3v) is 4.50. The molecule has 1 heterocycles. The van der Waals surface area contributed by atoms with Gasteiger partial charge in [0.25, 0.3) is 0 Å². The van der Waals surface area contributed by atoms with Gasteiger partial charge in [-0.05, 0) is 30.9 Å². The maximum atomic E-state index is 6.04. The third-order valence-electron chi connectivity index (χ3n) is 3.53. The molecule has 0 amide bonds. The van der Waals surface area contributed by atoms with E-state index in [4.69, 9.17) is 5.73 Å². The fourth-order valence-corrected chi connectivity index (χ4v) is 3.14. The largest absolute Gasteiger partial charge is 0.370 e. The van der Waals surface area contributed by atoms with Crippen molar-refractivity contribution in [2.45, 2.75) is 40.0 Å². The first-order chi connectivity index (χ1) is 10.6. The van der Waals surface area contributed by atoms with Crippen LogP contribution in [0.1, 0.15) is 34.9 Å². The lowest BCUT2D eigenvalue weighted by molar-refractivity contribution is 0.949. The van der Waals surface area contributed by atoms with Crippen molar-refractivity contribution in [3.63, 3.8) is 0 Å². The second-order valence-corrected chi connectivity index (χ2v) is 6.48. The van der Waals surface area contributed by atoms with E-state index in [9.17, 15) is 0 Å². The maximum absolute atomic E-state index is 6.04. The number of aryl methyl sites for hydroxylation is 3. The van der Waals surface area contributed by atoms with E-state index in [1.54, 1.807) is 11.3 Å². The van der Waals surface area contributed by atoms with E-state index in [1.165, 1.54) is 16.0 Å². The van der Waals surface area contributed by atoms with E-state index in [-0.39, 0.29) is 24.0 Å². The van der Waals surface area contributed by atoms with Gasteiger partial charge in [-0.25, -0.2) is 4.98 Å². The Morgan fingerprint density at radius 3 is 2.43 bits per heavy atom. The Balaban J connectivity index is 0.00000264. The summed E-state index contributed by atoms with van der Waals surface area (Å²) in [6.45, 7) is 7.02. The Labute approximate surface area is 159 Å². The molecular formula is C17H25IN4S. The van der Waals surface area contributed by atoms with Crippen molar-refractivity contribution in [2.24, 2.45) is 10.7 Å². The number of para-hydroxylation sites is 1. The summed E-state index contributed by atoms with van der Waals surface area (Å²) in [6, 6.07) is 6.36. The number of rotatable bonds is 6. The minimum atomic E-state index is 0. The first-order valence-electron chi connectivity index (χ1n) is 7.73. The molecule has 2 rings (SSSR count). The highest BCUT2D eigenvalue weighted by Crippen LogP contribution is 2.22. The third kappa shape index (κ3) is 5.76. The lowest BCUT2D eigenvalue weighted by Crippen LogP contribution is -2.24. The number of aliphatic imine (C=N–C) groups is 1. The molecule has 4 nitrogen and oxygen atoms in total. The normalized spacial score (nSPS) is 11.2. The summed E-state index contributed by atoms with van der Waals surface area (Å²) in [4.78, 5) is 10.00. The second kappa shape index (κ2) is 9.87. The number of benzene rings is 1. The number of nitrogens with zero attached hydrogens (tertiary/aromatic N) is 2. The van der Waals surface area contributed by atoms with Crippen molar-refractivity contribution >= 4 is 47.0 Å². The van der Waals surface area contributed by atoms with E-state index in [0.717, 1.165) is 30.0 Å².